The smallest absolute Gasteiger partial charge is 0.119 e. The molecule has 0 saturated heterocycles. The summed E-state index contributed by atoms with van der Waals surface area (Å²) in [6.07, 6.45) is 0. The molecule has 0 heterocycles. The van der Waals surface area contributed by atoms with Gasteiger partial charge in [0.15, 0.2) is 0 Å². The molecular weight excluding hydrogens is 198 g/mol. The highest BCUT2D eigenvalue weighted by molar-refractivity contribution is 6.18. The Morgan fingerprint density at radius 1 is 1.36 bits per heavy atom. The highest BCUT2D eigenvalue weighted by Gasteiger charge is 2.06. The summed E-state index contributed by atoms with van der Waals surface area (Å²) in [4.78, 5) is 0. The van der Waals surface area contributed by atoms with E-state index in [2.05, 4.69) is 5.32 Å². The van der Waals surface area contributed by atoms with Gasteiger partial charge in [-0.25, -0.2) is 0 Å². The molecule has 78 valence electrons. The van der Waals surface area contributed by atoms with Crippen molar-refractivity contribution >= 4 is 11.6 Å². The molecule has 3 heteroatoms. The molecule has 0 saturated carbocycles. The lowest BCUT2D eigenvalue weighted by atomic mass is 10.1. The molecule has 1 aromatic carbocycles. The van der Waals surface area contributed by atoms with Crippen LogP contribution in [0.2, 0.25) is 0 Å². The van der Waals surface area contributed by atoms with E-state index < -0.39 is 0 Å². The second-order valence-electron chi connectivity index (χ2n) is 3.00. The Labute approximate surface area is 90.2 Å². The van der Waals surface area contributed by atoms with E-state index in [1.807, 2.05) is 38.2 Å². The van der Waals surface area contributed by atoms with Crippen molar-refractivity contribution in [1.29, 1.82) is 0 Å². The number of hydrogen-bond acceptors (Lipinski definition) is 2. The Bertz CT molecular complexity index is 256. The van der Waals surface area contributed by atoms with E-state index in [0.29, 0.717) is 12.5 Å². The van der Waals surface area contributed by atoms with Gasteiger partial charge in [-0.1, -0.05) is 12.1 Å². The molecule has 1 N–H and O–H groups in total. The first-order valence-electron chi connectivity index (χ1n) is 4.77. The third kappa shape index (κ3) is 2.89. The summed E-state index contributed by atoms with van der Waals surface area (Å²) in [6, 6.07) is 8.22. The van der Waals surface area contributed by atoms with Crippen molar-refractivity contribution in [2.45, 2.75) is 13.0 Å². The molecule has 1 rings (SSSR count). The third-order valence-electron chi connectivity index (χ3n) is 2.10. The molecule has 0 amide bonds. The molecule has 0 aliphatic rings. The Balaban J connectivity index is 2.71. The zero-order valence-corrected chi connectivity index (χ0v) is 9.34. The first-order valence-corrected chi connectivity index (χ1v) is 5.31. The molecule has 2 nitrogen and oxygen atoms in total. The summed E-state index contributed by atoms with van der Waals surface area (Å²) in [6.45, 7) is 2.67. The quantitative estimate of drug-likeness (QED) is 0.760. The molecule has 0 aliphatic heterocycles. The zero-order valence-electron chi connectivity index (χ0n) is 8.59. The van der Waals surface area contributed by atoms with Crippen molar-refractivity contribution in [2.24, 2.45) is 0 Å². The Morgan fingerprint density at radius 3 is 2.43 bits per heavy atom. The Hall–Kier alpha value is -0.730. The van der Waals surface area contributed by atoms with Crippen LogP contribution in [-0.2, 0) is 0 Å². The van der Waals surface area contributed by atoms with Crippen LogP contribution >= 0.6 is 11.6 Å². The second kappa shape index (κ2) is 5.89. The van der Waals surface area contributed by atoms with Crippen molar-refractivity contribution < 1.29 is 4.74 Å². The van der Waals surface area contributed by atoms with Gasteiger partial charge in [-0.2, -0.15) is 0 Å². The SMILES string of the molecule is CCOc1ccc(C(CCl)NC)cc1. The van der Waals surface area contributed by atoms with Crippen molar-refractivity contribution in [3.8, 4) is 5.75 Å². The fraction of sp³-hybridized carbons (Fsp3) is 0.455. The van der Waals surface area contributed by atoms with Gasteiger partial charge in [-0.3, -0.25) is 0 Å². The van der Waals surface area contributed by atoms with Crippen LogP contribution in [0.25, 0.3) is 0 Å². The number of hydrogen-bond donors (Lipinski definition) is 1. The molecule has 0 spiro atoms. The molecule has 0 bridgehead atoms. The second-order valence-corrected chi connectivity index (χ2v) is 3.31. The number of nitrogens with one attached hydrogen (secondary N) is 1. The number of benzene rings is 1. The lowest BCUT2D eigenvalue weighted by molar-refractivity contribution is 0.340. The van der Waals surface area contributed by atoms with Crippen LogP contribution in [0.3, 0.4) is 0 Å². The lowest BCUT2D eigenvalue weighted by Crippen LogP contribution is -2.17. The first kappa shape index (κ1) is 11.3. The van der Waals surface area contributed by atoms with Crippen LogP contribution in [0.5, 0.6) is 5.75 Å². The third-order valence-corrected chi connectivity index (χ3v) is 2.40. The minimum absolute atomic E-state index is 0.215. The molecular formula is C11H16ClNO. The first-order chi connectivity index (χ1) is 6.81. The maximum Gasteiger partial charge on any atom is 0.119 e. The highest BCUT2D eigenvalue weighted by Crippen LogP contribution is 2.18. The molecule has 0 radical (unpaired) electrons. The van der Waals surface area contributed by atoms with Gasteiger partial charge in [0.2, 0.25) is 0 Å². The summed E-state index contributed by atoms with van der Waals surface area (Å²) in [7, 11) is 1.91. The normalized spacial score (nSPS) is 12.5. The molecule has 1 aromatic rings. The number of rotatable bonds is 5. The van der Waals surface area contributed by atoms with Crippen molar-refractivity contribution in [3.05, 3.63) is 29.8 Å². The number of alkyl halides is 1. The van der Waals surface area contributed by atoms with E-state index in [4.69, 9.17) is 16.3 Å². The zero-order chi connectivity index (χ0) is 10.4. The monoisotopic (exact) mass is 213 g/mol. The maximum absolute atomic E-state index is 5.81. The predicted molar refractivity (Wildman–Crippen MR) is 60.1 cm³/mol. The Morgan fingerprint density at radius 2 is 2.00 bits per heavy atom. The van der Waals surface area contributed by atoms with Crippen molar-refractivity contribution in [3.63, 3.8) is 0 Å². The van der Waals surface area contributed by atoms with Gasteiger partial charge in [0.25, 0.3) is 0 Å². The van der Waals surface area contributed by atoms with Crippen molar-refractivity contribution in [2.75, 3.05) is 19.5 Å². The molecule has 0 aliphatic carbocycles. The molecule has 14 heavy (non-hydrogen) atoms. The van der Waals surface area contributed by atoms with Crippen LogP contribution in [0.4, 0.5) is 0 Å². The van der Waals surface area contributed by atoms with Crippen molar-refractivity contribution in [1.82, 2.24) is 5.32 Å². The van der Waals surface area contributed by atoms with Gasteiger partial charge in [0, 0.05) is 11.9 Å². The largest absolute Gasteiger partial charge is 0.494 e. The fourth-order valence-corrected chi connectivity index (χ4v) is 1.63. The van der Waals surface area contributed by atoms with Gasteiger partial charge < -0.3 is 10.1 Å². The Kier molecular flexibility index (Phi) is 4.77. The van der Waals surface area contributed by atoms with Gasteiger partial charge in [-0.15, -0.1) is 11.6 Å². The highest BCUT2D eigenvalue weighted by atomic mass is 35.5. The van der Waals surface area contributed by atoms with E-state index in [0.717, 1.165) is 5.75 Å². The standard InChI is InChI=1S/C11H16ClNO/c1-3-14-10-6-4-9(5-7-10)11(8-12)13-2/h4-7,11,13H,3,8H2,1-2H3. The average molecular weight is 214 g/mol. The van der Waals surface area contributed by atoms with Crippen LogP contribution in [0, 0.1) is 0 Å². The minimum Gasteiger partial charge on any atom is -0.494 e. The van der Waals surface area contributed by atoms with Crippen LogP contribution in [0.15, 0.2) is 24.3 Å². The molecule has 0 aromatic heterocycles. The summed E-state index contributed by atoms with van der Waals surface area (Å²) < 4.78 is 5.35. The lowest BCUT2D eigenvalue weighted by Gasteiger charge is -2.13. The minimum atomic E-state index is 0.215. The van der Waals surface area contributed by atoms with Crippen LogP contribution in [-0.4, -0.2) is 19.5 Å². The van der Waals surface area contributed by atoms with E-state index >= 15 is 0 Å². The van der Waals surface area contributed by atoms with Gasteiger partial charge in [0.1, 0.15) is 5.75 Å². The fourth-order valence-electron chi connectivity index (χ4n) is 1.30. The molecule has 1 atom stereocenters. The summed E-state index contributed by atoms with van der Waals surface area (Å²) in [5, 5.41) is 3.15. The average Bonchev–Trinajstić information content (AvgIpc) is 2.23. The van der Waals surface area contributed by atoms with Crippen LogP contribution in [0.1, 0.15) is 18.5 Å². The number of halogens is 1. The van der Waals surface area contributed by atoms with E-state index in [-0.39, 0.29) is 6.04 Å². The molecule has 1 unspecified atom stereocenters. The predicted octanol–water partition coefficient (Wildman–Crippen LogP) is 2.58. The van der Waals surface area contributed by atoms with Crippen LogP contribution < -0.4 is 10.1 Å². The van der Waals surface area contributed by atoms with Gasteiger partial charge in [0.05, 0.1) is 6.61 Å². The summed E-state index contributed by atoms with van der Waals surface area (Å²) in [5.41, 5.74) is 1.19. The molecule has 0 fully saturated rings. The van der Waals surface area contributed by atoms with E-state index in [1.165, 1.54) is 5.56 Å². The van der Waals surface area contributed by atoms with E-state index in [1.54, 1.807) is 0 Å². The number of ether oxygens (including phenoxy) is 1. The maximum atomic E-state index is 5.81. The topological polar surface area (TPSA) is 21.3 Å². The summed E-state index contributed by atoms with van der Waals surface area (Å²) >= 11 is 5.81. The summed E-state index contributed by atoms with van der Waals surface area (Å²) in [5.74, 6) is 1.48. The van der Waals surface area contributed by atoms with E-state index in [9.17, 15) is 0 Å². The van der Waals surface area contributed by atoms with Gasteiger partial charge in [-0.05, 0) is 31.7 Å². The van der Waals surface area contributed by atoms with Gasteiger partial charge >= 0.3 is 0 Å².